The first-order valence-corrected chi connectivity index (χ1v) is 5.82. The fraction of sp³-hybridized carbons (Fsp3) is 0.636. The van der Waals surface area contributed by atoms with Crippen LogP contribution in [0.1, 0.15) is 27.2 Å². The lowest BCUT2D eigenvalue weighted by Gasteiger charge is -2.27. The van der Waals surface area contributed by atoms with Gasteiger partial charge in [0.25, 0.3) is 0 Å². The van der Waals surface area contributed by atoms with E-state index in [1.165, 1.54) is 5.69 Å². The highest BCUT2D eigenvalue weighted by Crippen LogP contribution is 2.19. The average Bonchev–Trinajstić information content (AvgIpc) is 2.55. The van der Waals surface area contributed by atoms with Gasteiger partial charge in [0.1, 0.15) is 0 Å². The van der Waals surface area contributed by atoms with Gasteiger partial charge in [-0.05, 0) is 38.6 Å². The lowest BCUT2D eigenvalue weighted by Crippen LogP contribution is -2.31. The van der Waals surface area contributed by atoms with Crippen molar-refractivity contribution in [3.63, 3.8) is 0 Å². The number of methoxy groups -OCH3 is 1. The van der Waals surface area contributed by atoms with Crippen LogP contribution in [0.5, 0.6) is 0 Å². The van der Waals surface area contributed by atoms with Crippen molar-refractivity contribution in [3.05, 3.63) is 16.8 Å². The summed E-state index contributed by atoms with van der Waals surface area (Å²) in [6, 6.07) is 2.53. The van der Waals surface area contributed by atoms with Gasteiger partial charge < -0.3 is 10.1 Å². The SMILES string of the molecule is COC(C)(C)CC(C)Nc1ccsc1. The Morgan fingerprint density at radius 1 is 1.57 bits per heavy atom. The highest BCUT2D eigenvalue weighted by atomic mass is 32.1. The summed E-state index contributed by atoms with van der Waals surface area (Å²) in [4.78, 5) is 0. The lowest BCUT2D eigenvalue weighted by atomic mass is 10.00. The molecule has 0 aliphatic rings. The minimum atomic E-state index is -0.0531. The van der Waals surface area contributed by atoms with Crippen LogP contribution in [0.2, 0.25) is 0 Å². The summed E-state index contributed by atoms with van der Waals surface area (Å²) >= 11 is 1.71. The Morgan fingerprint density at radius 3 is 2.79 bits per heavy atom. The third-order valence-corrected chi connectivity index (χ3v) is 2.97. The second-order valence-electron chi connectivity index (χ2n) is 4.23. The van der Waals surface area contributed by atoms with E-state index in [9.17, 15) is 0 Å². The molecule has 1 unspecified atom stereocenters. The van der Waals surface area contributed by atoms with Crippen LogP contribution in [-0.4, -0.2) is 18.8 Å². The molecule has 3 heteroatoms. The van der Waals surface area contributed by atoms with E-state index in [4.69, 9.17) is 4.74 Å². The number of ether oxygens (including phenoxy) is 1. The van der Waals surface area contributed by atoms with Gasteiger partial charge in [-0.15, -0.1) is 0 Å². The van der Waals surface area contributed by atoms with Gasteiger partial charge in [0.15, 0.2) is 0 Å². The van der Waals surface area contributed by atoms with E-state index in [0.717, 1.165) is 6.42 Å². The van der Waals surface area contributed by atoms with Crippen LogP contribution in [0, 0.1) is 0 Å². The Morgan fingerprint density at radius 2 is 2.29 bits per heavy atom. The Bertz CT molecular complexity index is 256. The molecule has 0 aliphatic carbocycles. The van der Waals surface area contributed by atoms with Crippen molar-refractivity contribution < 1.29 is 4.74 Å². The van der Waals surface area contributed by atoms with Crippen molar-refractivity contribution in [2.75, 3.05) is 12.4 Å². The summed E-state index contributed by atoms with van der Waals surface area (Å²) in [5.74, 6) is 0. The predicted molar refractivity (Wildman–Crippen MR) is 63.1 cm³/mol. The molecule has 1 heterocycles. The van der Waals surface area contributed by atoms with Crippen molar-refractivity contribution >= 4 is 17.0 Å². The zero-order valence-corrected chi connectivity index (χ0v) is 10.1. The van der Waals surface area contributed by atoms with Gasteiger partial charge in [-0.2, -0.15) is 11.3 Å². The molecule has 1 rings (SSSR count). The Hall–Kier alpha value is -0.540. The third-order valence-electron chi connectivity index (χ3n) is 2.28. The van der Waals surface area contributed by atoms with E-state index >= 15 is 0 Å². The molecular formula is C11H19NOS. The number of nitrogens with one attached hydrogen (secondary N) is 1. The minimum absolute atomic E-state index is 0.0531. The van der Waals surface area contributed by atoms with Crippen molar-refractivity contribution in [1.82, 2.24) is 0 Å². The monoisotopic (exact) mass is 213 g/mol. The molecule has 0 saturated heterocycles. The molecule has 0 aliphatic heterocycles. The van der Waals surface area contributed by atoms with Crippen LogP contribution in [-0.2, 0) is 4.74 Å². The standard InChI is InChI=1S/C11H19NOS/c1-9(7-11(2,3)13-4)12-10-5-6-14-8-10/h5-6,8-9,12H,7H2,1-4H3. The quantitative estimate of drug-likeness (QED) is 0.809. The normalized spacial score (nSPS) is 14.0. The maximum Gasteiger partial charge on any atom is 0.0642 e. The summed E-state index contributed by atoms with van der Waals surface area (Å²) in [5.41, 5.74) is 1.15. The summed E-state index contributed by atoms with van der Waals surface area (Å²) in [6.45, 7) is 6.40. The highest BCUT2D eigenvalue weighted by Gasteiger charge is 2.19. The molecule has 1 aromatic heterocycles. The summed E-state index contributed by atoms with van der Waals surface area (Å²) in [7, 11) is 1.76. The van der Waals surface area contributed by atoms with Crippen molar-refractivity contribution in [2.45, 2.75) is 38.8 Å². The topological polar surface area (TPSA) is 21.3 Å². The van der Waals surface area contributed by atoms with Crippen LogP contribution in [0.15, 0.2) is 16.8 Å². The third kappa shape index (κ3) is 3.68. The molecule has 1 atom stereocenters. The van der Waals surface area contributed by atoms with E-state index in [0.29, 0.717) is 6.04 Å². The molecule has 1 aromatic rings. The minimum Gasteiger partial charge on any atom is -0.382 e. The number of thiophene rings is 1. The first kappa shape index (κ1) is 11.5. The molecule has 80 valence electrons. The van der Waals surface area contributed by atoms with Crippen LogP contribution >= 0.6 is 11.3 Å². The molecule has 0 fully saturated rings. The smallest absolute Gasteiger partial charge is 0.0642 e. The van der Waals surface area contributed by atoms with E-state index < -0.39 is 0 Å². The first-order chi connectivity index (χ1) is 6.53. The molecular weight excluding hydrogens is 194 g/mol. The van der Waals surface area contributed by atoms with Crippen LogP contribution in [0.4, 0.5) is 5.69 Å². The molecule has 0 radical (unpaired) electrons. The second-order valence-corrected chi connectivity index (χ2v) is 5.01. The zero-order chi connectivity index (χ0) is 10.6. The molecule has 2 nitrogen and oxygen atoms in total. The van der Waals surface area contributed by atoms with E-state index in [2.05, 4.69) is 42.9 Å². The maximum absolute atomic E-state index is 5.39. The molecule has 0 spiro atoms. The Kier molecular flexibility index (Phi) is 3.96. The molecule has 0 amide bonds. The fourth-order valence-electron chi connectivity index (χ4n) is 1.50. The van der Waals surface area contributed by atoms with Gasteiger partial charge >= 0.3 is 0 Å². The van der Waals surface area contributed by atoms with Gasteiger partial charge in [-0.1, -0.05) is 0 Å². The number of rotatable bonds is 5. The van der Waals surface area contributed by atoms with E-state index in [1.807, 2.05) is 0 Å². The van der Waals surface area contributed by atoms with E-state index in [1.54, 1.807) is 18.4 Å². The van der Waals surface area contributed by atoms with Crippen molar-refractivity contribution in [2.24, 2.45) is 0 Å². The molecule has 0 saturated carbocycles. The number of anilines is 1. The van der Waals surface area contributed by atoms with Gasteiger partial charge in [-0.3, -0.25) is 0 Å². The molecule has 1 N–H and O–H groups in total. The van der Waals surface area contributed by atoms with Crippen molar-refractivity contribution in [3.8, 4) is 0 Å². The fourth-order valence-corrected chi connectivity index (χ4v) is 2.10. The summed E-state index contributed by atoms with van der Waals surface area (Å²) in [6.07, 6.45) is 0.999. The second kappa shape index (κ2) is 4.80. The highest BCUT2D eigenvalue weighted by molar-refractivity contribution is 7.08. The predicted octanol–water partition coefficient (Wildman–Crippen LogP) is 3.36. The average molecular weight is 213 g/mol. The first-order valence-electron chi connectivity index (χ1n) is 4.87. The Labute approximate surface area is 90.3 Å². The van der Waals surface area contributed by atoms with Crippen LogP contribution < -0.4 is 5.32 Å². The molecule has 0 aromatic carbocycles. The van der Waals surface area contributed by atoms with Crippen molar-refractivity contribution in [1.29, 1.82) is 0 Å². The lowest BCUT2D eigenvalue weighted by molar-refractivity contribution is 0.0128. The van der Waals surface area contributed by atoms with Gasteiger partial charge in [0, 0.05) is 24.2 Å². The van der Waals surface area contributed by atoms with Gasteiger partial charge in [-0.25, -0.2) is 0 Å². The van der Waals surface area contributed by atoms with Gasteiger partial charge in [0.05, 0.1) is 5.60 Å². The maximum atomic E-state index is 5.39. The van der Waals surface area contributed by atoms with Gasteiger partial charge in [0.2, 0.25) is 0 Å². The van der Waals surface area contributed by atoms with Crippen LogP contribution in [0.25, 0.3) is 0 Å². The molecule has 0 bridgehead atoms. The zero-order valence-electron chi connectivity index (χ0n) is 9.33. The van der Waals surface area contributed by atoms with E-state index in [-0.39, 0.29) is 5.60 Å². The Balaban J connectivity index is 2.40. The number of hydrogen-bond acceptors (Lipinski definition) is 3. The summed E-state index contributed by atoms with van der Waals surface area (Å²) < 4.78 is 5.39. The largest absolute Gasteiger partial charge is 0.382 e. The number of hydrogen-bond donors (Lipinski definition) is 1. The van der Waals surface area contributed by atoms with Crippen LogP contribution in [0.3, 0.4) is 0 Å². The molecule has 14 heavy (non-hydrogen) atoms. The summed E-state index contributed by atoms with van der Waals surface area (Å²) in [5, 5.41) is 7.64.